The summed E-state index contributed by atoms with van der Waals surface area (Å²) in [5.74, 6) is 1.03. The van der Waals surface area contributed by atoms with Crippen molar-refractivity contribution in [1.29, 1.82) is 0 Å². The highest BCUT2D eigenvalue weighted by Crippen LogP contribution is 2.34. The smallest absolute Gasteiger partial charge is 0.338 e. The quantitative estimate of drug-likeness (QED) is 0.412. The Morgan fingerprint density at radius 1 is 1.11 bits per heavy atom. The molecule has 0 fully saturated rings. The van der Waals surface area contributed by atoms with Crippen molar-refractivity contribution >= 4 is 39.3 Å². The predicted molar refractivity (Wildman–Crippen MR) is 144 cm³/mol. The molecule has 3 aromatic rings. The number of thiazole rings is 1. The monoisotopic (exact) mass is 570 g/mol. The number of allylic oxidation sites excluding steroid dienone is 1. The lowest BCUT2D eigenvalue weighted by atomic mass is 9.93. The summed E-state index contributed by atoms with van der Waals surface area (Å²) in [6, 6.07) is 10.9. The van der Waals surface area contributed by atoms with Gasteiger partial charge in [-0.05, 0) is 52.0 Å². The van der Waals surface area contributed by atoms with E-state index in [1.165, 1.54) is 24.0 Å². The summed E-state index contributed by atoms with van der Waals surface area (Å²) in [5, 5.41) is 0. The minimum Gasteiger partial charge on any atom is -0.496 e. The Morgan fingerprint density at radius 2 is 1.78 bits per heavy atom. The second-order valence-corrected chi connectivity index (χ2v) is 10.5. The molecule has 0 saturated heterocycles. The van der Waals surface area contributed by atoms with Crippen LogP contribution in [0.3, 0.4) is 0 Å². The van der Waals surface area contributed by atoms with Gasteiger partial charge in [-0.3, -0.25) is 9.36 Å². The van der Waals surface area contributed by atoms with Gasteiger partial charge < -0.3 is 14.2 Å². The van der Waals surface area contributed by atoms with Crippen molar-refractivity contribution in [1.82, 2.24) is 4.57 Å². The first-order chi connectivity index (χ1) is 17.2. The number of aromatic nitrogens is 1. The number of hydrogen-bond acceptors (Lipinski definition) is 7. The molecule has 1 unspecified atom stereocenters. The molecule has 2 heterocycles. The van der Waals surface area contributed by atoms with E-state index in [0.29, 0.717) is 43.6 Å². The van der Waals surface area contributed by atoms with E-state index in [2.05, 4.69) is 34.8 Å². The standard InChI is InChI=1S/C27H27BrN2O5S/c1-14(2)16-7-9-17(10-8-16)24-23(26(32)35-6)15(3)29-27-30(24)25(31)22(36-27)12-18-11-19(28)21(34-5)13-20(18)33-4/h7-14,24H,1-6H3/b22-12+. The fraction of sp³-hybridized carbons (Fsp3) is 0.296. The Labute approximate surface area is 221 Å². The van der Waals surface area contributed by atoms with E-state index >= 15 is 0 Å². The number of fused-ring (bicyclic) bond motifs is 1. The van der Waals surface area contributed by atoms with Crippen molar-refractivity contribution < 1.29 is 19.0 Å². The van der Waals surface area contributed by atoms with Crippen molar-refractivity contribution in [3.63, 3.8) is 0 Å². The summed E-state index contributed by atoms with van der Waals surface area (Å²) in [6.07, 6.45) is 1.77. The maximum Gasteiger partial charge on any atom is 0.338 e. The number of esters is 1. The van der Waals surface area contributed by atoms with Crippen LogP contribution in [-0.4, -0.2) is 31.9 Å². The maximum atomic E-state index is 13.8. The van der Waals surface area contributed by atoms with Gasteiger partial charge in [0.15, 0.2) is 4.80 Å². The Bertz CT molecular complexity index is 1530. The molecule has 7 nitrogen and oxygen atoms in total. The molecule has 188 valence electrons. The highest BCUT2D eigenvalue weighted by atomic mass is 79.9. The van der Waals surface area contributed by atoms with E-state index in [-0.39, 0.29) is 5.56 Å². The normalized spacial score (nSPS) is 15.6. The molecule has 0 aliphatic carbocycles. The highest BCUT2D eigenvalue weighted by Gasteiger charge is 2.33. The van der Waals surface area contributed by atoms with Crippen LogP contribution in [-0.2, 0) is 9.53 Å². The highest BCUT2D eigenvalue weighted by molar-refractivity contribution is 9.10. The number of carbonyl (C=O) groups excluding carboxylic acids is 1. The van der Waals surface area contributed by atoms with Gasteiger partial charge in [-0.2, -0.15) is 0 Å². The largest absolute Gasteiger partial charge is 0.496 e. The average Bonchev–Trinajstić information content (AvgIpc) is 3.17. The van der Waals surface area contributed by atoms with Crippen molar-refractivity contribution in [3.05, 3.63) is 88.5 Å². The van der Waals surface area contributed by atoms with Crippen LogP contribution in [0, 0.1) is 0 Å². The molecule has 4 rings (SSSR count). The maximum absolute atomic E-state index is 13.8. The molecule has 36 heavy (non-hydrogen) atoms. The molecule has 9 heteroatoms. The Kier molecular flexibility index (Phi) is 7.51. The fourth-order valence-corrected chi connectivity index (χ4v) is 5.77. The van der Waals surface area contributed by atoms with Crippen LogP contribution in [0.25, 0.3) is 6.08 Å². The number of hydrogen-bond donors (Lipinski definition) is 0. The number of halogens is 1. The first kappa shape index (κ1) is 25.9. The zero-order valence-electron chi connectivity index (χ0n) is 20.9. The first-order valence-corrected chi connectivity index (χ1v) is 12.9. The van der Waals surface area contributed by atoms with Crippen LogP contribution in [0.15, 0.2) is 61.9 Å². The summed E-state index contributed by atoms with van der Waals surface area (Å²) in [5.41, 5.74) is 3.31. The van der Waals surface area contributed by atoms with Crippen LogP contribution >= 0.6 is 27.3 Å². The van der Waals surface area contributed by atoms with Gasteiger partial charge in [0, 0.05) is 11.6 Å². The summed E-state index contributed by atoms with van der Waals surface area (Å²) < 4.78 is 18.7. The van der Waals surface area contributed by atoms with Crippen LogP contribution in [0.4, 0.5) is 0 Å². The molecule has 1 atom stereocenters. The lowest BCUT2D eigenvalue weighted by molar-refractivity contribution is -0.136. The van der Waals surface area contributed by atoms with Crippen LogP contribution < -0.4 is 24.4 Å². The molecule has 2 aromatic carbocycles. The second-order valence-electron chi connectivity index (χ2n) is 8.62. The molecule has 0 amide bonds. The number of methoxy groups -OCH3 is 3. The van der Waals surface area contributed by atoms with Gasteiger partial charge in [0.25, 0.3) is 5.56 Å². The lowest BCUT2D eigenvalue weighted by Gasteiger charge is -2.24. The van der Waals surface area contributed by atoms with Crippen molar-refractivity contribution in [2.75, 3.05) is 21.3 Å². The topological polar surface area (TPSA) is 79.1 Å². The van der Waals surface area contributed by atoms with Crippen molar-refractivity contribution in [2.45, 2.75) is 32.7 Å². The van der Waals surface area contributed by atoms with Gasteiger partial charge in [-0.25, -0.2) is 9.79 Å². The molecule has 0 saturated carbocycles. The number of ether oxygens (including phenoxy) is 3. The third kappa shape index (κ3) is 4.65. The van der Waals surface area contributed by atoms with Gasteiger partial charge in [0.05, 0.1) is 47.6 Å². The molecular formula is C27H27BrN2O5S. The van der Waals surface area contributed by atoms with Crippen molar-refractivity contribution in [2.24, 2.45) is 4.99 Å². The van der Waals surface area contributed by atoms with Gasteiger partial charge in [0.2, 0.25) is 0 Å². The summed E-state index contributed by atoms with van der Waals surface area (Å²) in [4.78, 5) is 31.7. The van der Waals surface area contributed by atoms with Crippen LogP contribution in [0.2, 0.25) is 0 Å². The summed E-state index contributed by atoms with van der Waals surface area (Å²) in [6.45, 7) is 6.00. The van der Waals surface area contributed by atoms with Gasteiger partial charge in [0.1, 0.15) is 11.5 Å². The molecule has 1 aliphatic rings. The predicted octanol–water partition coefficient (Wildman–Crippen LogP) is 4.31. The Balaban J connectivity index is 1.95. The van der Waals surface area contributed by atoms with E-state index in [0.717, 1.165) is 10.0 Å². The zero-order chi connectivity index (χ0) is 26.1. The SMILES string of the molecule is COC(=O)C1=C(C)N=c2s/c(=C/c3cc(Br)c(OC)cc3OC)c(=O)n2C1c1ccc(C(C)C)cc1. The van der Waals surface area contributed by atoms with E-state index in [1.807, 2.05) is 30.3 Å². The number of rotatable bonds is 6. The average molecular weight is 571 g/mol. The number of benzene rings is 2. The van der Waals surface area contributed by atoms with Gasteiger partial charge in [-0.1, -0.05) is 49.4 Å². The fourth-order valence-electron chi connectivity index (χ4n) is 4.21. The molecule has 0 bridgehead atoms. The summed E-state index contributed by atoms with van der Waals surface area (Å²) >= 11 is 4.76. The Morgan fingerprint density at radius 3 is 2.36 bits per heavy atom. The van der Waals surface area contributed by atoms with E-state index < -0.39 is 12.0 Å². The molecule has 1 aliphatic heterocycles. The molecule has 0 radical (unpaired) electrons. The van der Waals surface area contributed by atoms with Gasteiger partial charge in [-0.15, -0.1) is 0 Å². The van der Waals surface area contributed by atoms with E-state index in [4.69, 9.17) is 14.2 Å². The lowest BCUT2D eigenvalue weighted by Crippen LogP contribution is -2.39. The summed E-state index contributed by atoms with van der Waals surface area (Å²) in [7, 11) is 4.47. The first-order valence-electron chi connectivity index (χ1n) is 11.3. The molecule has 0 N–H and O–H groups in total. The third-order valence-electron chi connectivity index (χ3n) is 6.14. The minimum atomic E-state index is -0.651. The van der Waals surface area contributed by atoms with Crippen LogP contribution in [0.1, 0.15) is 49.4 Å². The molecule has 0 spiro atoms. The van der Waals surface area contributed by atoms with Crippen LogP contribution in [0.5, 0.6) is 11.5 Å². The molecule has 1 aromatic heterocycles. The van der Waals surface area contributed by atoms with Crippen molar-refractivity contribution in [3.8, 4) is 11.5 Å². The zero-order valence-corrected chi connectivity index (χ0v) is 23.3. The number of carbonyl (C=O) groups is 1. The Hall–Kier alpha value is -3.17. The van der Waals surface area contributed by atoms with E-state index in [1.54, 1.807) is 37.9 Å². The van der Waals surface area contributed by atoms with Gasteiger partial charge >= 0.3 is 5.97 Å². The second kappa shape index (κ2) is 10.4. The third-order valence-corrected chi connectivity index (χ3v) is 7.74. The van der Waals surface area contributed by atoms with E-state index in [9.17, 15) is 9.59 Å². The minimum absolute atomic E-state index is 0.250. The number of nitrogens with zero attached hydrogens (tertiary/aromatic N) is 2. The molecular weight excluding hydrogens is 544 g/mol.